The topological polar surface area (TPSA) is 81.7 Å². The van der Waals surface area contributed by atoms with Crippen molar-refractivity contribution in [1.29, 1.82) is 0 Å². The van der Waals surface area contributed by atoms with Crippen LogP contribution >= 0.6 is 0 Å². The lowest BCUT2D eigenvalue weighted by atomic mass is 10.0. The van der Waals surface area contributed by atoms with E-state index in [1.165, 1.54) is 11.0 Å². The smallest absolute Gasteiger partial charge is 0.252 e. The van der Waals surface area contributed by atoms with Crippen LogP contribution in [0.1, 0.15) is 31.0 Å². The molecule has 0 spiro atoms. The fourth-order valence-corrected chi connectivity index (χ4v) is 2.95. The zero-order valence-electron chi connectivity index (χ0n) is 15.2. The SMILES string of the molecule is CC(C)CN(Cc1cnn(C)c1)C(=O)[C@@H](c1ccccc1)n1cnnn1. The summed E-state index contributed by atoms with van der Waals surface area (Å²) in [5, 5.41) is 15.6. The van der Waals surface area contributed by atoms with Crippen LogP contribution in [0.25, 0.3) is 0 Å². The molecule has 0 saturated carbocycles. The Bertz CT molecular complexity index is 826. The van der Waals surface area contributed by atoms with Gasteiger partial charge in [0.25, 0.3) is 5.91 Å². The lowest BCUT2D eigenvalue weighted by Gasteiger charge is -2.28. The molecule has 0 bridgehead atoms. The van der Waals surface area contributed by atoms with Crippen molar-refractivity contribution in [2.45, 2.75) is 26.4 Å². The summed E-state index contributed by atoms with van der Waals surface area (Å²) < 4.78 is 3.25. The van der Waals surface area contributed by atoms with E-state index in [0.29, 0.717) is 19.0 Å². The van der Waals surface area contributed by atoms with Crippen LogP contribution in [0.3, 0.4) is 0 Å². The Kier molecular flexibility index (Phi) is 5.40. The van der Waals surface area contributed by atoms with E-state index in [0.717, 1.165) is 11.1 Å². The minimum atomic E-state index is -0.596. The van der Waals surface area contributed by atoms with Gasteiger partial charge in [-0.15, -0.1) is 5.10 Å². The summed E-state index contributed by atoms with van der Waals surface area (Å²) in [5.41, 5.74) is 1.84. The zero-order valence-corrected chi connectivity index (χ0v) is 15.2. The van der Waals surface area contributed by atoms with E-state index >= 15 is 0 Å². The molecule has 2 heterocycles. The lowest BCUT2D eigenvalue weighted by Crippen LogP contribution is -2.39. The van der Waals surface area contributed by atoms with Gasteiger partial charge in [0, 0.05) is 31.9 Å². The van der Waals surface area contributed by atoms with E-state index in [9.17, 15) is 4.79 Å². The first-order chi connectivity index (χ1) is 12.5. The van der Waals surface area contributed by atoms with Gasteiger partial charge in [0.1, 0.15) is 6.33 Å². The van der Waals surface area contributed by atoms with Crippen LogP contribution in [-0.4, -0.2) is 47.3 Å². The van der Waals surface area contributed by atoms with Crippen LogP contribution in [0.2, 0.25) is 0 Å². The number of rotatable bonds is 7. The van der Waals surface area contributed by atoms with Gasteiger partial charge in [-0.05, 0) is 21.9 Å². The van der Waals surface area contributed by atoms with E-state index in [2.05, 4.69) is 34.5 Å². The number of tetrazole rings is 1. The predicted molar refractivity (Wildman–Crippen MR) is 95.9 cm³/mol. The summed E-state index contributed by atoms with van der Waals surface area (Å²) >= 11 is 0. The summed E-state index contributed by atoms with van der Waals surface area (Å²) in [7, 11) is 1.87. The highest BCUT2D eigenvalue weighted by molar-refractivity contribution is 5.83. The average Bonchev–Trinajstić information content (AvgIpc) is 3.27. The third-order valence-corrected chi connectivity index (χ3v) is 4.01. The molecule has 0 radical (unpaired) electrons. The minimum absolute atomic E-state index is 0.0407. The standard InChI is InChI=1S/C18H23N7O/c1-14(2)10-24(12-15-9-20-23(3)11-15)18(26)17(25-13-19-21-22-25)16-7-5-4-6-8-16/h4-9,11,13-14,17H,10,12H2,1-3H3/t17-/m1/s1. The first-order valence-electron chi connectivity index (χ1n) is 8.58. The number of carbonyl (C=O) groups is 1. The number of amides is 1. The molecule has 1 amide bonds. The van der Waals surface area contributed by atoms with E-state index in [1.807, 2.05) is 48.5 Å². The van der Waals surface area contributed by atoms with Gasteiger partial charge in [-0.3, -0.25) is 9.48 Å². The van der Waals surface area contributed by atoms with Crippen LogP contribution in [0.5, 0.6) is 0 Å². The van der Waals surface area contributed by atoms with Crippen molar-refractivity contribution >= 4 is 5.91 Å². The van der Waals surface area contributed by atoms with Crippen LogP contribution < -0.4 is 0 Å². The maximum Gasteiger partial charge on any atom is 0.252 e. The fraction of sp³-hybridized carbons (Fsp3) is 0.389. The summed E-state index contributed by atoms with van der Waals surface area (Å²) in [5.74, 6) is 0.293. The van der Waals surface area contributed by atoms with E-state index in [4.69, 9.17) is 0 Å². The molecule has 3 rings (SSSR count). The normalized spacial score (nSPS) is 12.3. The molecular formula is C18H23N7O. The molecule has 0 saturated heterocycles. The van der Waals surface area contributed by atoms with E-state index in [1.54, 1.807) is 10.9 Å². The van der Waals surface area contributed by atoms with Crippen molar-refractivity contribution in [1.82, 2.24) is 34.9 Å². The molecule has 0 unspecified atom stereocenters. The third kappa shape index (κ3) is 4.14. The second-order valence-electron chi connectivity index (χ2n) is 6.74. The fourth-order valence-electron chi connectivity index (χ4n) is 2.95. The lowest BCUT2D eigenvalue weighted by molar-refractivity contribution is -0.135. The maximum absolute atomic E-state index is 13.5. The number of carbonyl (C=O) groups excluding carboxylic acids is 1. The molecule has 8 nitrogen and oxygen atoms in total. The van der Waals surface area contributed by atoms with Crippen molar-refractivity contribution in [2.75, 3.05) is 6.54 Å². The predicted octanol–water partition coefficient (Wildman–Crippen LogP) is 1.68. The Morgan fingerprint density at radius 1 is 1.23 bits per heavy atom. The summed E-state index contributed by atoms with van der Waals surface area (Å²) in [6, 6.07) is 8.99. The van der Waals surface area contributed by atoms with Crippen molar-refractivity contribution in [3.8, 4) is 0 Å². The molecule has 8 heteroatoms. The van der Waals surface area contributed by atoms with Gasteiger partial charge in [-0.2, -0.15) is 5.10 Å². The van der Waals surface area contributed by atoms with Gasteiger partial charge in [-0.1, -0.05) is 44.2 Å². The highest BCUT2D eigenvalue weighted by Gasteiger charge is 2.29. The number of hydrogen-bond acceptors (Lipinski definition) is 5. The molecule has 0 aliphatic heterocycles. The van der Waals surface area contributed by atoms with Crippen LogP contribution in [0, 0.1) is 5.92 Å². The molecule has 2 aromatic heterocycles. The average molecular weight is 353 g/mol. The molecule has 0 fully saturated rings. The van der Waals surface area contributed by atoms with Crippen molar-refractivity contribution in [3.63, 3.8) is 0 Å². The Labute approximate surface area is 152 Å². The minimum Gasteiger partial charge on any atom is -0.336 e. The number of nitrogens with zero attached hydrogens (tertiary/aromatic N) is 7. The number of benzene rings is 1. The monoisotopic (exact) mass is 353 g/mol. The molecule has 1 atom stereocenters. The van der Waals surface area contributed by atoms with Gasteiger partial charge < -0.3 is 4.90 Å². The van der Waals surface area contributed by atoms with Crippen molar-refractivity contribution < 1.29 is 4.79 Å². The van der Waals surface area contributed by atoms with E-state index in [-0.39, 0.29) is 5.91 Å². The first-order valence-corrected chi connectivity index (χ1v) is 8.58. The Morgan fingerprint density at radius 3 is 2.58 bits per heavy atom. The van der Waals surface area contributed by atoms with Crippen LogP contribution in [0.4, 0.5) is 0 Å². The van der Waals surface area contributed by atoms with E-state index < -0.39 is 6.04 Å². The Hall–Kier alpha value is -3.03. The zero-order chi connectivity index (χ0) is 18.5. The second kappa shape index (κ2) is 7.90. The summed E-state index contributed by atoms with van der Waals surface area (Å²) in [6.45, 7) is 5.33. The maximum atomic E-state index is 13.5. The molecule has 3 aromatic rings. The Balaban J connectivity index is 1.93. The van der Waals surface area contributed by atoms with Gasteiger partial charge in [0.15, 0.2) is 6.04 Å². The number of aryl methyl sites for hydroxylation is 1. The molecular weight excluding hydrogens is 330 g/mol. The molecule has 1 aromatic carbocycles. The number of hydrogen-bond donors (Lipinski definition) is 0. The largest absolute Gasteiger partial charge is 0.336 e. The highest BCUT2D eigenvalue weighted by Crippen LogP contribution is 2.21. The summed E-state index contributed by atoms with van der Waals surface area (Å²) in [6.07, 6.45) is 5.19. The van der Waals surface area contributed by atoms with Crippen LogP contribution in [-0.2, 0) is 18.4 Å². The molecule has 136 valence electrons. The third-order valence-electron chi connectivity index (χ3n) is 4.01. The molecule has 26 heavy (non-hydrogen) atoms. The summed E-state index contributed by atoms with van der Waals surface area (Å²) in [4.78, 5) is 15.3. The van der Waals surface area contributed by atoms with Gasteiger partial charge in [0.2, 0.25) is 0 Å². The van der Waals surface area contributed by atoms with Gasteiger partial charge >= 0.3 is 0 Å². The van der Waals surface area contributed by atoms with Gasteiger partial charge in [-0.25, -0.2) is 4.68 Å². The highest BCUT2D eigenvalue weighted by atomic mass is 16.2. The van der Waals surface area contributed by atoms with Gasteiger partial charge in [0.05, 0.1) is 6.20 Å². The molecule has 0 N–H and O–H groups in total. The van der Waals surface area contributed by atoms with Crippen molar-refractivity contribution in [3.05, 3.63) is 60.2 Å². The second-order valence-corrected chi connectivity index (χ2v) is 6.74. The molecule has 0 aliphatic rings. The quantitative estimate of drug-likeness (QED) is 0.645. The Morgan fingerprint density at radius 2 is 2.00 bits per heavy atom. The molecule has 0 aliphatic carbocycles. The van der Waals surface area contributed by atoms with Crippen molar-refractivity contribution in [2.24, 2.45) is 13.0 Å². The first kappa shape index (κ1) is 17.8. The van der Waals surface area contributed by atoms with Crippen LogP contribution in [0.15, 0.2) is 49.1 Å². The number of aromatic nitrogens is 6.